The highest BCUT2D eigenvalue weighted by Crippen LogP contribution is 2.22. The maximum Gasteiger partial charge on any atom is 0.320 e. The Balaban J connectivity index is 2.45. The molecule has 2 rings (SSSR count). The van der Waals surface area contributed by atoms with Crippen LogP contribution < -0.4 is 5.73 Å². The van der Waals surface area contributed by atoms with Crippen LogP contribution in [0.4, 0.5) is 4.39 Å². The number of nitrogens with zero attached hydrogens (tertiary/aromatic N) is 1. The smallest absolute Gasteiger partial charge is 0.320 e. The summed E-state index contributed by atoms with van der Waals surface area (Å²) < 4.78 is 14.9. The van der Waals surface area contributed by atoms with Crippen molar-refractivity contribution in [3.63, 3.8) is 0 Å². The third-order valence-corrected chi connectivity index (χ3v) is 2.79. The molecule has 4 nitrogen and oxygen atoms in total. The topological polar surface area (TPSA) is 68.2 Å². The minimum absolute atomic E-state index is 0.234. The van der Waals surface area contributed by atoms with Gasteiger partial charge in [0, 0.05) is 25.1 Å². The monoisotopic (exact) mass is 236 g/mol. The van der Waals surface area contributed by atoms with Gasteiger partial charge >= 0.3 is 5.97 Å². The Labute approximate surface area is 97.5 Å². The predicted octanol–water partition coefficient (Wildman–Crippen LogP) is 1.27. The van der Waals surface area contributed by atoms with E-state index in [0.29, 0.717) is 0 Å². The molecule has 0 saturated carbocycles. The molecule has 0 saturated heterocycles. The molecule has 0 aliphatic rings. The molecule has 3 N–H and O–H groups in total. The van der Waals surface area contributed by atoms with E-state index in [2.05, 4.69) is 0 Å². The molecule has 1 aromatic carbocycles. The molecular formula is C12H13FN2O2. The molecule has 17 heavy (non-hydrogen) atoms. The van der Waals surface area contributed by atoms with E-state index in [0.717, 1.165) is 16.5 Å². The summed E-state index contributed by atoms with van der Waals surface area (Å²) in [5, 5.41) is 9.61. The molecule has 0 spiro atoms. The first-order valence-corrected chi connectivity index (χ1v) is 5.21. The van der Waals surface area contributed by atoms with Crippen molar-refractivity contribution in [1.82, 2.24) is 4.57 Å². The van der Waals surface area contributed by atoms with Gasteiger partial charge in [-0.05, 0) is 23.8 Å². The van der Waals surface area contributed by atoms with E-state index in [1.807, 2.05) is 0 Å². The molecule has 2 aromatic rings. The summed E-state index contributed by atoms with van der Waals surface area (Å²) in [5.41, 5.74) is 7.05. The summed E-state index contributed by atoms with van der Waals surface area (Å²) in [6.07, 6.45) is 2.02. The fourth-order valence-corrected chi connectivity index (χ4v) is 1.93. The first-order valence-electron chi connectivity index (χ1n) is 5.21. The molecule has 0 aliphatic heterocycles. The molecular weight excluding hydrogens is 223 g/mol. The second-order valence-electron chi connectivity index (χ2n) is 4.08. The Morgan fingerprint density at radius 2 is 2.29 bits per heavy atom. The van der Waals surface area contributed by atoms with E-state index in [1.54, 1.807) is 23.9 Å². The molecule has 0 amide bonds. The lowest BCUT2D eigenvalue weighted by atomic mass is 10.1. The van der Waals surface area contributed by atoms with Gasteiger partial charge in [0.25, 0.3) is 0 Å². The van der Waals surface area contributed by atoms with Gasteiger partial charge in [-0.1, -0.05) is 0 Å². The molecule has 1 atom stereocenters. The minimum atomic E-state index is -1.04. The van der Waals surface area contributed by atoms with Gasteiger partial charge in [-0.2, -0.15) is 0 Å². The number of rotatable bonds is 3. The molecule has 0 fully saturated rings. The molecule has 1 heterocycles. The number of benzene rings is 1. The average molecular weight is 236 g/mol. The van der Waals surface area contributed by atoms with Crippen LogP contribution in [-0.4, -0.2) is 21.7 Å². The Kier molecular flexibility index (Phi) is 2.85. The van der Waals surface area contributed by atoms with Crippen LogP contribution in [0.2, 0.25) is 0 Å². The number of halogens is 1. The Bertz CT molecular complexity index is 577. The molecule has 0 aliphatic carbocycles. The Morgan fingerprint density at radius 1 is 1.59 bits per heavy atom. The Morgan fingerprint density at radius 3 is 2.94 bits per heavy atom. The van der Waals surface area contributed by atoms with Gasteiger partial charge in [0.05, 0.1) is 5.52 Å². The maximum atomic E-state index is 13.1. The van der Waals surface area contributed by atoms with Crippen molar-refractivity contribution in [1.29, 1.82) is 0 Å². The minimum Gasteiger partial charge on any atom is -0.480 e. The second kappa shape index (κ2) is 4.18. The normalized spacial score (nSPS) is 12.9. The van der Waals surface area contributed by atoms with E-state index < -0.39 is 12.0 Å². The lowest BCUT2D eigenvalue weighted by Crippen LogP contribution is -2.32. The van der Waals surface area contributed by atoms with Crippen molar-refractivity contribution in [3.8, 4) is 0 Å². The second-order valence-corrected chi connectivity index (χ2v) is 4.08. The molecule has 1 aromatic heterocycles. The van der Waals surface area contributed by atoms with Crippen LogP contribution in [-0.2, 0) is 18.3 Å². The lowest BCUT2D eigenvalue weighted by Gasteiger charge is -2.04. The highest BCUT2D eigenvalue weighted by molar-refractivity contribution is 5.85. The summed E-state index contributed by atoms with van der Waals surface area (Å²) in [6.45, 7) is 0. The summed E-state index contributed by atoms with van der Waals surface area (Å²) in [4.78, 5) is 10.7. The molecule has 90 valence electrons. The van der Waals surface area contributed by atoms with Gasteiger partial charge in [-0.25, -0.2) is 4.39 Å². The zero-order valence-electron chi connectivity index (χ0n) is 9.35. The third kappa shape index (κ3) is 2.14. The number of aliphatic carboxylic acids is 1. The summed E-state index contributed by atoms with van der Waals surface area (Å²) >= 11 is 0. The first-order chi connectivity index (χ1) is 7.99. The van der Waals surface area contributed by atoms with E-state index >= 15 is 0 Å². The number of aryl methyl sites for hydroxylation is 1. The third-order valence-electron chi connectivity index (χ3n) is 2.79. The van der Waals surface area contributed by atoms with Crippen LogP contribution in [0, 0.1) is 5.82 Å². The zero-order chi connectivity index (χ0) is 12.6. The van der Waals surface area contributed by atoms with Crippen LogP contribution >= 0.6 is 0 Å². The molecule has 0 bridgehead atoms. The van der Waals surface area contributed by atoms with E-state index in [1.165, 1.54) is 12.1 Å². The quantitative estimate of drug-likeness (QED) is 0.843. The fourth-order valence-electron chi connectivity index (χ4n) is 1.93. The summed E-state index contributed by atoms with van der Waals surface area (Å²) in [6, 6.07) is 3.49. The van der Waals surface area contributed by atoms with Crippen molar-refractivity contribution in [2.75, 3.05) is 0 Å². The number of fused-ring (bicyclic) bond motifs is 1. The van der Waals surface area contributed by atoms with Gasteiger partial charge in [0.2, 0.25) is 0 Å². The van der Waals surface area contributed by atoms with Crippen molar-refractivity contribution in [2.24, 2.45) is 12.8 Å². The first kappa shape index (κ1) is 11.6. The highest BCUT2D eigenvalue weighted by atomic mass is 19.1. The number of hydrogen-bond acceptors (Lipinski definition) is 2. The lowest BCUT2D eigenvalue weighted by molar-refractivity contribution is -0.138. The largest absolute Gasteiger partial charge is 0.480 e. The highest BCUT2D eigenvalue weighted by Gasteiger charge is 2.15. The fraction of sp³-hybridized carbons (Fsp3) is 0.250. The van der Waals surface area contributed by atoms with E-state index in [4.69, 9.17) is 10.8 Å². The van der Waals surface area contributed by atoms with Gasteiger partial charge in [-0.3, -0.25) is 4.79 Å². The Hall–Kier alpha value is -1.88. The van der Waals surface area contributed by atoms with Gasteiger partial charge in [-0.15, -0.1) is 0 Å². The molecule has 0 radical (unpaired) electrons. The molecule has 1 unspecified atom stereocenters. The number of aromatic nitrogens is 1. The average Bonchev–Trinajstić information content (AvgIpc) is 2.55. The van der Waals surface area contributed by atoms with Crippen LogP contribution in [0.3, 0.4) is 0 Å². The summed E-state index contributed by atoms with van der Waals surface area (Å²) in [7, 11) is 1.79. The van der Waals surface area contributed by atoms with E-state index in [9.17, 15) is 9.18 Å². The van der Waals surface area contributed by atoms with Crippen molar-refractivity contribution >= 4 is 16.9 Å². The zero-order valence-corrected chi connectivity index (χ0v) is 9.35. The number of carboxylic acid groups (broad SMARTS) is 1. The van der Waals surface area contributed by atoms with Crippen molar-refractivity contribution in [3.05, 3.63) is 35.8 Å². The number of carbonyl (C=O) groups is 1. The van der Waals surface area contributed by atoms with Crippen LogP contribution in [0.5, 0.6) is 0 Å². The van der Waals surface area contributed by atoms with E-state index in [-0.39, 0.29) is 12.2 Å². The standard InChI is InChI=1S/C12H13FN2O2/c1-15-6-7(4-10(14)12(16)17)9-3-2-8(13)5-11(9)15/h2-3,5-6,10H,4,14H2,1H3,(H,16,17). The molecule has 5 heteroatoms. The van der Waals surface area contributed by atoms with Gasteiger partial charge < -0.3 is 15.4 Å². The van der Waals surface area contributed by atoms with Crippen molar-refractivity contribution in [2.45, 2.75) is 12.5 Å². The van der Waals surface area contributed by atoms with Crippen LogP contribution in [0.15, 0.2) is 24.4 Å². The number of hydrogen-bond donors (Lipinski definition) is 2. The predicted molar refractivity (Wildman–Crippen MR) is 62.2 cm³/mol. The van der Waals surface area contributed by atoms with Gasteiger partial charge in [0.15, 0.2) is 0 Å². The number of nitrogens with two attached hydrogens (primary N) is 1. The van der Waals surface area contributed by atoms with Crippen LogP contribution in [0.1, 0.15) is 5.56 Å². The maximum absolute atomic E-state index is 13.1. The van der Waals surface area contributed by atoms with Gasteiger partial charge in [0.1, 0.15) is 11.9 Å². The number of carboxylic acids is 1. The summed E-state index contributed by atoms with van der Waals surface area (Å²) in [5.74, 6) is -1.35. The SMILES string of the molecule is Cn1cc(CC(N)C(=O)O)c2ccc(F)cc21. The van der Waals surface area contributed by atoms with Crippen LogP contribution in [0.25, 0.3) is 10.9 Å². The van der Waals surface area contributed by atoms with Crippen molar-refractivity contribution < 1.29 is 14.3 Å².